The van der Waals surface area contributed by atoms with Crippen molar-refractivity contribution in [1.29, 1.82) is 0 Å². The van der Waals surface area contributed by atoms with Gasteiger partial charge in [0.2, 0.25) is 5.91 Å². The number of carboxylic acid groups (broad SMARTS) is 1. The minimum Gasteiger partial charge on any atom is -0.481 e. The van der Waals surface area contributed by atoms with Gasteiger partial charge in [0.1, 0.15) is 5.82 Å². The van der Waals surface area contributed by atoms with Crippen molar-refractivity contribution in [2.45, 2.75) is 39.0 Å². The summed E-state index contributed by atoms with van der Waals surface area (Å²) in [6.07, 6.45) is 2.55. The number of halogens is 1. The van der Waals surface area contributed by atoms with E-state index in [1.807, 2.05) is 0 Å². The molecule has 0 spiro atoms. The Kier molecular flexibility index (Phi) is 4.06. The number of aliphatic carboxylic acids is 1. The maximum absolute atomic E-state index is 13.6. The molecular weight excluding hydrogens is 261 g/mol. The Balaban J connectivity index is 2.11. The Hall–Kier alpha value is -1.91. The van der Waals surface area contributed by atoms with Crippen molar-refractivity contribution in [3.8, 4) is 0 Å². The molecule has 2 rings (SSSR count). The normalized spacial score (nSPS) is 16.9. The summed E-state index contributed by atoms with van der Waals surface area (Å²) < 4.78 is 13.6. The second-order valence-electron chi connectivity index (χ2n) is 5.45. The van der Waals surface area contributed by atoms with Gasteiger partial charge in [0.05, 0.1) is 11.1 Å². The van der Waals surface area contributed by atoms with Crippen molar-refractivity contribution in [3.05, 3.63) is 29.6 Å². The lowest BCUT2D eigenvalue weighted by Gasteiger charge is -2.23. The minimum absolute atomic E-state index is 0.101. The Morgan fingerprint density at radius 3 is 2.55 bits per heavy atom. The second kappa shape index (κ2) is 5.61. The molecule has 2 N–H and O–H groups in total. The summed E-state index contributed by atoms with van der Waals surface area (Å²) in [6.45, 7) is 1.70. The van der Waals surface area contributed by atoms with Crippen LogP contribution in [0.2, 0.25) is 0 Å². The van der Waals surface area contributed by atoms with Crippen LogP contribution in [0.4, 0.5) is 10.1 Å². The molecule has 1 aliphatic carbocycles. The molecule has 20 heavy (non-hydrogen) atoms. The Bertz CT molecular complexity index is 516. The molecule has 0 radical (unpaired) electrons. The van der Waals surface area contributed by atoms with Crippen LogP contribution in [0.15, 0.2) is 18.2 Å². The summed E-state index contributed by atoms with van der Waals surface area (Å²) in [7, 11) is 0. The Labute approximate surface area is 117 Å². The fourth-order valence-corrected chi connectivity index (χ4v) is 2.80. The number of hydrogen-bond acceptors (Lipinski definition) is 2. The Morgan fingerprint density at radius 1 is 1.35 bits per heavy atom. The summed E-state index contributed by atoms with van der Waals surface area (Å²) in [6, 6.07) is 4.53. The molecule has 0 aliphatic heterocycles. The number of aryl methyl sites for hydroxylation is 1. The van der Waals surface area contributed by atoms with Gasteiger partial charge in [-0.1, -0.05) is 25.0 Å². The third-order valence-electron chi connectivity index (χ3n) is 4.00. The van der Waals surface area contributed by atoms with Gasteiger partial charge in [0, 0.05) is 6.42 Å². The minimum atomic E-state index is -0.983. The molecule has 1 aromatic carbocycles. The topological polar surface area (TPSA) is 66.4 Å². The Morgan fingerprint density at radius 2 is 2.00 bits per heavy atom. The molecule has 0 aromatic heterocycles. The van der Waals surface area contributed by atoms with Crippen LogP contribution in [0.5, 0.6) is 0 Å². The van der Waals surface area contributed by atoms with Crippen molar-refractivity contribution >= 4 is 17.6 Å². The molecule has 0 saturated heterocycles. The third-order valence-corrected chi connectivity index (χ3v) is 4.00. The highest BCUT2D eigenvalue weighted by Gasteiger charge is 2.43. The van der Waals surface area contributed by atoms with E-state index in [1.54, 1.807) is 19.1 Å². The summed E-state index contributed by atoms with van der Waals surface area (Å²) in [4.78, 5) is 23.4. The molecule has 1 amide bonds. The fourth-order valence-electron chi connectivity index (χ4n) is 2.80. The first kappa shape index (κ1) is 14.5. The van der Waals surface area contributed by atoms with E-state index < -0.39 is 23.1 Å². The molecule has 1 saturated carbocycles. The van der Waals surface area contributed by atoms with Crippen LogP contribution < -0.4 is 5.32 Å². The number of amides is 1. The summed E-state index contributed by atoms with van der Waals surface area (Å²) in [5, 5.41) is 11.8. The van der Waals surface area contributed by atoms with Crippen LogP contribution in [0.1, 0.15) is 37.7 Å². The average Bonchev–Trinajstić information content (AvgIpc) is 2.84. The van der Waals surface area contributed by atoms with Crippen LogP contribution in [0.25, 0.3) is 0 Å². The van der Waals surface area contributed by atoms with Gasteiger partial charge in [-0.2, -0.15) is 0 Å². The lowest BCUT2D eigenvalue weighted by molar-refractivity contribution is -0.150. The molecule has 0 unspecified atom stereocenters. The molecular formula is C15H18FNO3. The van der Waals surface area contributed by atoms with E-state index in [-0.39, 0.29) is 12.1 Å². The number of hydrogen-bond donors (Lipinski definition) is 2. The molecule has 0 heterocycles. The number of carbonyl (C=O) groups is 2. The van der Waals surface area contributed by atoms with E-state index >= 15 is 0 Å². The smallest absolute Gasteiger partial charge is 0.310 e. The highest BCUT2D eigenvalue weighted by atomic mass is 19.1. The first-order valence-electron chi connectivity index (χ1n) is 6.73. The predicted octanol–water partition coefficient (Wildman–Crippen LogP) is 3.11. The van der Waals surface area contributed by atoms with Gasteiger partial charge in [0.15, 0.2) is 0 Å². The standard InChI is InChI=1S/C15H18FNO3/c1-10-5-4-6-11(16)13(10)17-12(18)9-15(14(19)20)7-2-3-8-15/h4-6H,2-3,7-9H2,1H3,(H,17,18)(H,19,20). The monoisotopic (exact) mass is 279 g/mol. The molecule has 1 aliphatic rings. The van der Waals surface area contributed by atoms with Gasteiger partial charge in [0.25, 0.3) is 0 Å². The van der Waals surface area contributed by atoms with E-state index in [2.05, 4.69) is 5.32 Å². The lowest BCUT2D eigenvalue weighted by atomic mass is 9.82. The third kappa shape index (κ3) is 2.81. The molecule has 5 heteroatoms. The quantitative estimate of drug-likeness (QED) is 0.890. The van der Waals surface area contributed by atoms with Crippen molar-refractivity contribution < 1.29 is 19.1 Å². The highest BCUT2D eigenvalue weighted by Crippen LogP contribution is 2.41. The van der Waals surface area contributed by atoms with Gasteiger partial charge >= 0.3 is 5.97 Å². The van der Waals surface area contributed by atoms with E-state index in [1.165, 1.54) is 6.07 Å². The zero-order valence-corrected chi connectivity index (χ0v) is 11.4. The first-order chi connectivity index (χ1) is 9.44. The van der Waals surface area contributed by atoms with Gasteiger partial charge in [-0.15, -0.1) is 0 Å². The lowest BCUT2D eigenvalue weighted by Crippen LogP contribution is -2.33. The van der Waals surface area contributed by atoms with Gasteiger partial charge in [-0.3, -0.25) is 9.59 Å². The number of para-hydroxylation sites is 1. The van der Waals surface area contributed by atoms with Crippen LogP contribution in [0.3, 0.4) is 0 Å². The molecule has 1 fully saturated rings. The maximum Gasteiger partial charge on any atom is 0.310 e. The molecule has 4 nitrogen and oxygen atoms in total. The fraction of sp³-hybridized carbons (Fsp3) is 0.467. The first-order valence-corrected chi connectivity index (χ1v) is 6.73. The number of carbonyl (C=O) groups excluding carboxylic acids is 1. The van der Waals surface area contributed by atoms with E-state index in [9.17, 15) is 19.1 Å². The van der Waals surface area contributed by atoms with Crippen LogP contribution >= 0.6 is 0 Å². The van der Waals surface area contributed by atoms with E-state index in [0.717, 1.165) is 12.8 Å². The van der Waals surface area contributed by atoms with Gasteiger partial charge < -0.3 is 10.4 Å². The molecule has 0 atom stereocenters. The SMILES string of the molecule is Cc1cccc(F)c1NC(=O)CC1(C(=O)O)CCCC1. The van der Waals surface area contributed by atoms with E-state index in [0.29, 0.717) is 18.4 Å². The zero-order chi connectivity index (χ0) is 14.8. The summed E-state index contributed by atoms with van der Waals surface area (Å²) in [5.74, 6) is -1.88. The molecule has 1 aromatic rings. The second-order valence-corrected chi connectivity index (χ2v) is 5.45. The largest absolute Gasteiger partial charge is 0.481 e. The van der Waals surface area contributed by atoms with Crippen molar-refractivity contribution in [2.75, 3.05) is 5.32 Å². The van der Waals surface area contributed by atoms with Crippen molar-refractivity contribution in [2.24, 2.45) is 5.41 Å². The summed E-state index contributed by atoms with van der Waals surface area (Å²) in [5.41, 5.74) is -0.228. The summed E-state index contributed by atoms with van der Waals surface area (Å²) >= 11 is 0. The number of carboxylic acids is 1. The van der Waals surface area contributed by atoms with Crippen molar-refractivity contribution in [1.82, 2.24) is 0 Å². The number of anilines is 1. The number of benzene rings is 1. The number of nitrogens with one attached hydrogen (secondary N) is 1. The van der Waals surface area contributed by atoms with Gasteiger partial charge in [-0.05, 0) is 31.4 Å². The van der Waals surface area contributed by atoms with Crippen molar-refractivity contribution in [3.63, 3.8) is 0 Å². The highest BCUT2D eigenvalue weighted by molar-refractivity contribution is 5.95. The predicted molar refractivity (Wildman–Crippen MR) is 72.9 cm³/mol. The van der Waals surface area contributed by atoms with Gasteiger partial charge in [-0.25, -0.2) is 4.39 Å². The molecule has 0 bridgehead atoms. The maximum atomic E-state index is 13.6. The zero-order valence-electron chi connectivity index (χ0n) is 11.4. The van der Waals surface area contributed by atoms with E-state index in [4.69, 9.17) is 0 Å². The van der Waals surface area contributed by atoms with Crippen LogP contribution in [0, 0.1) is 18.2 Å². The number of rotatable bonds is 4. The average molecular weight is 279 g/mol. The molecule has 108 valence electrons. The van der Waals surface area contributed by atoms with Crippen LogP contribution in [-0.2, 0) is 9.59 Å². The van der Waals surface area contributed by atoms with Crippen LogP contribution in [-0.4, -0.2) is 17.0 Å².